The third-order valence-corrected chi connectivity index (χ3v) is 2.40. The van der Waals surface area contributed by atoms with Gasteiger partial charge in [0, 0.05) is 24.3 Å². The predicted octanol–water partition coefficient (Wildman–Crippen LogP) is 2.39. The van der Waals surface area contributed by atoms with Crippen LogP contribution in [0.1, 0.15) is 6.42 Å². The topological polar surface area (TPSA) is 15.3 Å². The van der Waals surface area contributed by atoms with Crippen LogP contribution in [0.15, 0.2) is 24.3 Å². The molecule has 1 aromatic rings. The van der Waals surface area contributed by atoms with Crippen LogP contribution < -0.4 is 10.2 Å². The van der Waals surface area contributed by atoms with Crippen LogP contribution in [-0.4, -0.2) is 27.2 Å². The molecule has 0 saturated heterocycles. The van der Waals surface area contributed by atoms with Gasteiger partial charge in [-0.15, -0.1) is 0 Å². The number of nitrogens with zero attached hydrogens (tertiary/aromatic N) is 1. The van der Waals surface area contributed by atoms with Gasteiger partial charge in [0.1, 0.15) is 0 Å². The zero-order valence-corrected chi connectivity index (χ0v) is 9.51. The standard InChI is InChI=1S/C11H17ClN2/c1-13-7-4-8-14(2)11-6-3-5-10(12)9-11/h3,5-6,9,13H,4,7-8H2,1-2H3. The molecule has 1 aromatic carbocycles. The van der Waals surface area contributed by atoms with E-state index >= 15 is 0 Å². The van der Waals surface area contributed by atoms with Crippen LogP contribution in [-0.2, 0) is 0 Å². The van der Waals surface area contributed by atoms with Gasteiger partial charge in [-0.2, -0.15) is 0 Å². The van der Waals surface area contributed by atoms with Gasteiger partial charge >= 0.3 is 0 Å². The Hall–Kier alpha value is -0.730. The Morgan fingerprint density at radius 2 is 2.21 bits per heavy atom. The van der Waals surface area contributed by atoms with E-state index in [9.17, 15) is 0 Å². The maximum Gasteiger partial charge on any atom is 0.0426 e. The summed E-state index contributed by atoms with van der Waals surface area (Å²) < 4.78 is 0. The van der Waals surface area contributed by atoms with E-state index in [0.717, 1.165) is 24.5 Å². The summed E-state index contributed by atoms with van der Waals surface area (Å²) in [6.07, 6.45) is 1.14. The fourth-order valence-corrected chi connectivity index (χ4v) is 1.52. The predicted molar refractivity (Wildman–Crippen MR) is 63.3 cm³/mol. The summed E-state index contributed by atoms with van der Waals surface area (Å²) in [4.78, 5) is 2.21. The summed E-state index contributed by atoms with van der Waals surface area (Å²) in [6.45, 7) is 2.09. The molecule has 0 heterocycles. The van der Waals surface area contributed by atoms with Crippen molar-refractivity contribution in [2.24, 2.45) is 0 Å². The molecule has 0 radical (unpaired) electrons. The van der Waals surface area contributed by atoms with Crippen molar-refractivity contribution in [3.05, 3.63) is 29.3 Å². The molecule has 0 bridgehead atoms. The van der Waals surface area contributed by atoms with Crippen molar-refractivity contribution in [2.75, 3.05) is 32.1 Å². The number of benzene rings is 1. The zero-order valence-electron chi connectivity index (χ0n) is 8.76. The maximum atomic E-state index is 5.91. The number of halogens is 1. The third-order valence-electron chi connectivity index (χ3n) is 2.17. The van der Waals surface area contributed by atoms with Crippen molar-refractivity contribution in [1.82, 2.24) is 5.32 Å². The van der Waals surface area contributed by atoms with Crippen molar-refractivity contribution in [2.45, 2.75) is 6.42 Å². The van der Waals surface area contributed by atoms with Crippen LogP contribution in [0.4, 0.5) is 5.69 Å². The fourth-order valence-electron chi connectivity index (χ4n) is 1.34. The van der Waals surface area contributed by atoms with Gasteiger partial charge in [-0.05, 0) is 38.2 Å². The molecule has 0 aliphatic carbocycles. The molecule has 0 saturated carbocycles. The Morgan fingerprint density at radius 3 is 2.86 bits per heavy atom. The molecule has 2 nitrogen and oxygen atoms in total. The molecule has 14 heavy (non-hydrogen) atoms. The lowest BCUT2D eigenvalue weighted by Gasteiger charge is -2.19. The summed E-state index contributed by atoms with van der Waals surface area (Å²) in [5.74, 6) is 0. The van der Waals surface area contributed by atoms with Gasteiger partial charge in [0.25, 0.3) is 0 Å². The largest absolute Gasteiger partial charge is 0.375 e. The van der Waals surface area contributed by atoms with Gasteiger partial charge in [0.05, 0.1) is 0 Å². The first-order chi connectivity index (χ1) is 6.74. The summed E-state index contributed by atoms with van der Waals surface area (Å²) in [6, 6.07) is 7.94. The molecule has 0 fully saturated rings. The first-order valence-corrected chi connectivity index (χ1v) is 5.23. The first-order valence-electron chi connectivity index (χ1n) is 4.85. The molecule has 0 amide bonds. The van der Waals surface area contributed by atoms with Crippen LogP contribution in [0, 0.1) is 0 Å². The van der Waals surface area contributed by atoms with E-state index in [1.807, 2.05) is 25.2 Å². The fraction of sp³-hybridized carbons (Fsp3) is 0.455. The van der Waals surface area contributed by atoms with Gasteiger partial charge < -0.3 is 10.2 Å². The number of anilines is 1. The number of hydrogen-bond donors (Lipinski definition) is 1. The number of hydrogen-bond acceptors (Lipinski definition) is 2. The van der Waals surface area contributed by atoms with Gasteiger partial charge in [-0.3, -0.25) is 0 Å². The van der Waals surface area contributed by atoms with E-state index in [1.54, 1.807) is 0 Å². The minimum absolute atomic E-state index is 0.794. The molecule has 3 heteroatoms. The smallest absolute Gasteiger partial charge is 0.0426 e. The highest BCUT2D eigenvalue weighted by atomic mass is 35.5. The molecule has 78 valence electrons. The molecule has 0 atom stereocenters. The van der Waals surface area contributed by atoms with Crippen LogP contribution in [0.2, 0.25) is 5.02 Å². The second-order valence-electron chi connectivity index (χ2n) is 3.36. The van der Waals surface area contributed by atoms with Gasteiger partial charge in [-0.25, -0.2) is 0 Å². The molecule has 0 spiro atoms. The normalized spacial score (nSPS) is 10.2. The number of rotatable bonds is 5. The van der Waals surface area contributed by atoms with E-state index in [0.29, 0.717) is 0 Å². The Balaban J connectivity index is 2.47. The zero-order chi connectivity index (χ0) is 10.4. The SMILES string of the molecule is CNCCCN(C)c1cccc(Cl)c1. The summed E-state index contributed by atoms with van der Waals surface area (Å²) in [5.41, 5.74) is 1.17. The van der Waals surface area contributed by atoms with Crippen molar-refractivity contribution in [1.29, 1.82) is 0 Å². The van der Waals surface area contributed by atoms with Crippen LogP contribution in [0.5, 0.6) is 0 Å². The van der Waals surface area contributed by atoms with Crippen LogP contribution in [0.25, 0.3) is 0 Å². The lowest BCUT2D eigenvalue weighted by Crippen LogP contribution is -2.22. The van der Waals surface area contributed by atoms with Crippen molar-refractivity contribution in [3.8, 4) is 0 Å². The quantitative estimate of drug-likeness (QED) is 0.755. The summed E-state index contributed by atoms with van der Waals surface area (Å²) in [7, 11) is 4.06. The van der Waals surface area contributed by atoms with E-state index < -0.39 is 0 Å². The highest BCUT2D eigenvalue weighted by Gasteiger charge is 1.99. The average Bonchev–Trinajstić information content (AvgIpc) is 2.18. The molecule has 0 aliphatic rings. The third kappa shape index (κ3) is 3.56. The van der Waals surface area contributed by atoms with E-state index in [4.69, 9.17) is 11.6 Å². The molecule has 1 rings (SSSR count). The minimum atomic E-state index is 0.794. The molecular formula is C11H17ClN2. The van der Waals surface area contributed by atoms with E-state index in [-0.39, 0.29) is 0 Å². The monoisotopic (exact) mass is 212 g/mol. The summed E-state index contributed by atoms with van der Waals surface area (Å²) in [5, 5.41) is 3.93. The highest BCUT2D eigenvalue weighted by Crippen LogP contribution is 2.18. The number of nitrogens with one attached hydrogen (secondary N) is 1. The second-order valence-corrected chi connectivity index (χ2v) is 3.79. The van der Waals surface area contributed by atoms with Crippen molar-refractivity contribution in [3.63, 3.8) is 0 Å². The Bertz CT molecular complexity index is 276. The van der Waals surface area contributed by atoms with Crippen LogP contribution in [0.3, 0.4) is 0 Å². The van der Waals surface area contributed by atoms with E-state index in [2.05, 4.69) is 23.3 Å². The molecule has 0 aromatic heterocycles. The lowest BCUT2D eigenvalue weighted by molar-refractivity contribution is 0.713. The van der Waals surface area contributed by atoms with E-state index in [1.165, 1.54) is 5.69 Å². The molecular weight excluding hydrogens is 196 g/mol. The Morgan fingerprint density at radius 1 is 1.43 bits per heavy atom. The van der Waals surface area contributed by atoms with Gasteiger partial charge in [0.2, 0.25) is 0 Å². The average molecular weight is 213 g/mol. The maximum absolute atomic E-state index is 5.91. The Kier molecular flexibility index (Phi) is 4.77. The Labute approximate surface area is 90.9 Å². The van der Waals surface area contributed by atoms with Gasteiger partial charge in [0.15, 0.2) is 0 Å². The second kappa shape index (κ2) is 5.89. The van der Waals surface area contributed by atoms with Crippen molar-refractivity contribution >= 4 is 17.3 Å². The van der Waals surface area contributed by atoms with Crippen LogP contribution >= 0.6 is 11.6 Å². The molecule has 0 aliphatic heterocycles. The molecule has 1 N–H and O–H groups in total. The molecule has 0 unspecified atom stereocenters. The van der Waals surface area contributed by atoms with Crippen molar-refractivity contribution < 1.29 is 0 Å². The lowest BCUT2D eigenvalue weighted by atomic mass is 10.3. The summed E-state index contributed by atoms with van der Waals surface area (Å²) >= 11 is 5.91. The van der Waals surface area contributed by atoms with Gasteiger partial charge in [-0.1, -0.05) is 17.7 Å². The highest BCUT2D eigenvalue weighted by molar-refractivity contribution is 6.30. The first kappa shape index (κ1) is 11.3. The minimum Gasteiger partial charge on any atom is -0.375 e.